The smallest absolute Gasteiger partial charge is 0.261 e. The van der Waals surface area contributed by atoms with Crippen LogP contribution in [0.4, 0.5) is 0 Å². The van der Waals surface area contributed by atoms with Crippen molar-refractivity contribution in [2.45, 2.75) is 46.0 Å². The largest absolute Gasteiger partial charge is 0.335 e. The molecule has 0 aliphatic carbocycles. The van der Waals surface area contributed by atoms with E-state index in [9.17, 15) is 0 Å². The fraction of sp³-hybridized carbons (Fsp3) is 0.583. The first kappa shape index (κ1) is 11.0. The number of rotatable bonds is 1. The van der Waals surface area contributed by atoms with Gasteiger partial charge in [-0.05, 0) is 5.92 Å². The number of hydrogen-bond acceptors (Lipinski definition) is 4. The minimum absolute atomic E-state index is 0.0705. The minimum atomic E-state index is -0.0705. The molecule has 0 saturated heterocycles. The van der Waals surface area contributed by atoms with Crippen LogP contribution in [0.1, 0.15) is 52.1 Å². The van der Waals surface area contributed by atoms with Crippen LogP contribution >= 0.6 is 0 Å². The van der Waals surface area contributed by atoms with E-state index in [-0.39, 0.29) is 5.41 Å². The van der Waals surface area contributed by atoms with Gasteiger partial charge in [-0.25, -0.2) is 4.98 Å². The molecule has 16 heavy (non-hydrogen) atoms. The van der Waals surface area contributed by atoms with Crippen LogP contribution in [0.25, 0.3) is 11.1 Å². The molecule has 2 aromatic rings. The summed E-state index contributed by atoms with van der Waals surface area (Å²) in [7, 11) is 0. The highest BCUT2D eigenvalue weighted by atomic mass is 16.5. The maximum absolute atomic E-state index is 5.25. The summed E-state index contributed by atoms with van der Waals surface area (Å²) in [4.78, 5) is 8.79. The minimum Gasteiger partial charge on any atom is -0.335 e. The second-order valence-corrected chi connectivity index (χ2v) is 5.38. The van der Waals surface area contributed by atoms with Crippen molar-refractivity contribution in [3.8, 4) is 0 Å². The second kappa shape index (κ2) is 3.54. The molecule has 0 atom stereocenters. The Hall–Kier alpha value is -1.45. The van der Waals surface area contributed by atoms with Crippen molar-refractivity contribution in [3.63, 3.8) is 0 Å². The molecule has 0 bridgehead atoms. The van der Waals surface area contributed by atoms with Gasteiger partial charge in [0.1, 0.15) is 5.82 Å². The van der Waals surface area contributed by atoms with E-state index < -0.39 is 0 Å². The highest BCUT2D eigenvalue weighted by molar-refractivity contribution is 5.75. The van der Waals surface area contributed by atoms with Crippen LogP contribution in [0.3, 0.4) is 0 Å². The average Bonchev–Trinajstić information content (AvgIpc) is 2.58. The third kappa shape index (κ3) is 1.79. The average molecular weight is 219 g/mol. The third-order valence-corrected chi connectivity index (χ3v) is 2.48. The Kier molecular flexibility index (Phi) is 2.45. The van der Waals surface area contributed by atoms with Gasteiger partial charge >= 0.3 is 0 Å². The topological polar surface area (TPSA) is 51.8 Å². The second-order valence-electron chi connectivity index (χ2n) is 5.38. The van der Waals surface area contributed by atoms with Gasteiger partial charge in [0.05, 0.1) is 11.1 Å². The highest BCUT2D eigenvalue weighted by Gasteiger charge is 2.20. The molecule has 0 fully saturated rings. The van der Waals surface area contributed by atoms with E-state index in [0.717, 1.165) is 16.9 Å². The van der Waals surface area contributed by atoms with Crippen LogP contribution in [0, 0.1) is 0 Å². The van der Waals surface area contributed by atoms with Crippen LogP contribution in [-0.2, 0) is 5.41 Å². The van der Waals surface area contributed by atoms with E-state index in [1.165, 1.54) is 0 Å². The van der Waals surface area contributed by atoms with Crippen molar-refractivity contribution in [3.05, 3.63) is 17.7 Å². The van der Waals surface area contributed by atoms with Gasteiger partial charge in [0.2, 0.25) is 0 Å². The third-order valence-electron chi connectivity index (χ3n) is 2.48. The summed E-state index contributed by atoms with van der Waals surface area (Å²) in [6.07, 6.45) is 1.81. The van der Waals surface area contributed by atoms with Crippen molar-refractivity contribution in [2.75, 3.05) is 0 Å². The van der Waals surface area contributed by atoms with Gasteiger partial charge in [0.15, 0.2) is 0 Å². The van der Waals surface area contributed by atoms with Gasteiger partial charge < -0.3 is 4.52 Å². The van der Waals surface area contributed by atoms with Crippen LogP contribution in [-0.4, -0.2) is 15.1 Å². The lowest BCUT2D eigenvalue weighted by atomic mass is 9.95. The van der Waals surface area contributed by atoms with Gasteiger partial charge in [-0.15, -0.1) is 0 Å². The van der Waals surface area contributed by atoms with E-state index in [1.807, 2.05) is 6.20 Å². The SMILES string of the molecule is CC(C)c1noc2nc(C(C)(C)C)ncc12. The molecule has 86 valence electrons. The Labute approximate surface area is 95.1 Å². The molecule has 0 unspecified atom stereocenters. The zero-order valence-electron chi connectivity index (χ0n) is 10.4. The monoisotopic (exact) mass is 219 g/mol. The molecule has 0 radical (unpaired) electrons. The first-order valence-electron chi connectivity index (χ1n) is 5.52. The van der Waals surface area contributed by atoms with Gasteiger partial charge in [-0.2, -0.15) is 4.98 Å². The Morgan fingerprint density at radius 3 is 2.50 bits per heavy atom. The summed E-state index contributed by atoms with van der Waals surface area (Å²) < 4.78 is 5.25. The highest BCUT2D eigenvalue weighted by Crippen LogP contribution is 2.25. The predicted molar refractivity (Wildman–Crippen MR) is 62.4 cm³/mol. The molecule has 4 heteroatoms. The zero-order valence-corrected chi connectivity index (χ0v) is 10.4. The lowest BCUT2D eigenvalue weighted by molar-refractivity contribution is 0.430. The van der Waals surface area contributed by atoms with Crippen molar-refractivity contribution in [2.24, 2.45) is 0 Å². The maximum Gasteiger partial charge on any atom is 0.261 e. The van der Waals surface area contributed by atoms with E-state index >= 15 is 0 Å². The standard InChI is InChI=1S/C12H17N3O/c1-7(2)9-8-6-13-11(12(3,4)5)14-10(8)16-15-9/h6-7H,1-5H3. The van der Waals surface area contributed by atoms with Gasteiger partial charge in [-0.3, -0.25) is 0 Å². The van der Waals surface area contributed by atoms with E-state index in [1.54, 1.807) is 0 Å². The lowest BCUT2D eigenvalue weighted by Crippen LogP contribution is -2.15. The molecule has 4 nitrogen and oxygen atoms in total. The Morgan fingerprint density at radius 2 is 1.94 bits per heavy atom. The zero-order chi connectivity index (χ0) is 11.9. The number of nitrogens with zero attached hydrogens (tertiary/aromatic N) is 3. The molecule has 0 amide bonds. The van der Waals surface area contributed by atoms with E-state index in [2.05, 4.69) is 49.7 Å². The van der Waals surface area contributed by atoms with Crippen molar-refractivity contribution in [1.82, 2.24) is 15.1 Å². The first-order chi connectivity index (χ1) is 7.39. The molecular formula is C12H17N3O. The molecular weight excluding hydrogens is 202 g/mol. The summed E-state index contributed by atoms with van der Waals surface area (Å²) in [5, 5.41) is 4.96. The van der Waals surface area contributed by atoms with Crippen molar-refractivity contribution < 1.29 is 4.52 Å². The van der Waals surface area contributed by atoms with E-state index in [4.69, 9.17) is 4.52 Å². The van der Waals surface area contributed by atoms with Crippen LogP contribution in [0.15, 0.2) is 10.7 Å². The van der Waals surface area contributed by atoms with Crippen molar-refractivity contribution >= 4 is 11.1 Å². The van der Waals surface area contributed by atoms with Crippen LogP contribution in [0.5, 0.6) is 0 Å². The van der Waals surface area contributed by atoms with Crippen LogP contribution < -0.4 is 0 Å². The summed E-state index contributed by atoms with van der Waals surface area (Å²) in [5.74, 6) is 1.11. The normalized spacial score (nSPS) is 12.6. The summed E-state index contributed by atoms with van der Waals surface area (Å²) in [6.45, 7) is 10.4. The number of fused-ring (bicyclic) bond motifs is 1. The van der Waals surface area contributed by atoms with Gasteiger partial charge in [0, 0.05) is 11.6 Å². The fourth-order valence-electron chi connectivity index (χ4n) is 1.53. The molecule has 0 aliphatic rings. The number of aromatic nitrogens is 3. The molecule has 0 spiro atoms. The lowest BCUT2D eigenvalue weighted by Gasteiger charge is -2.15. The summed E-state index contributed by atoms with van der Waals surface area (Å²) in [5.41, 5.74) is 1.44. The predicted octanol–water partition coefficient (Wildman–Crippen LogP) is 3.04. The Balaban J connectivity index is 2.58. The molecule has 2 rings (SSSR count). The molecule has 0 aliphatic heterocycles. The van der Waals surface area contributed by atoms with Gasteiger partial charge in [0.25, 0.3) is 5.71 Å². The molecule has 2 heterocycles. The van der Waals surface area contributed by atoms with Crippen molar-refractivity contribution in [1.29, 1.82) is 0 Å². The number of hydrogen-bond donors (Lipinski definition) is 0. The summed E-state index contributed by atoms with van der Waals surface area (Å²) in [6, 6.07) is 0. The quantitative estimate of drug-likeness (QED) is 0.739. The van der Waals surface area contributed by atoms with Gasteiger partial charge in [-0.1, -0.05) is 39.8 Å². The first-order valence-corrected chi connectivity index (χ1v) is 5.52. The molecule has 0 aromatic carbocycles. The summed E-state index contributed by atoms with van der Waals surface area (Å²) >= 11 is 0. The molecule has 0 saturated carbocycles. The maximum atomic E-state index is 5.25. The fourth-order valence-corrected chi connectivity index (χ4v) is 1.53. The molecule has 2 aromatic heterocycles. The Bertz CT molecular complexity index is 508. The van der Waals surface area contributed by atoms with Crippen LogP contribution in [0.2, 0.25) is 0 Å². The molecule has 0 N–H and O–H groups in total. The Morgan fingerprint density at radius 1 is 1.25 bits per heavy atom. The van der Waals surface area contributed by atoms with E-state index in [0.29, 0.717) is 11.6 Å².